The van der Waals surface area contributed by atoms with Crippen LogP contribution in [0.3, 0.4) is 0 Å². The van der Waals surface area contributed by atoms with Gasteiger partial charge < -0.3 is 21.1 Å². The van der Waals surface area contributed by atoms with Gasteiger partial charge in [-0.25, -0.2) is 9.59 Å². The molecule has 0 saturated heterocycles. The molecule has 4 N–H and O–H groups in total. The summed E-state index contributed by atoms with van der Waals surface area (Å²) in [5, 5.41) is 5.38. The van der Waals surface area contributed by atoms with Crippen LogP contribution in [0.2, 0.25) is 0 Å². The van der Waals surface area contributed by atoms with Gasteiger partial charge in [0.25, 0.3) is 0 Å². The van der Waals surface area contributed by atoms with E-state index < -0.39 is 18.0 Å². The molecule has 0 aliphatic carbocycles. The van der Waals surface area contributed by atoms with Gasteiger partial charge in [-0.05, 0) is 35.4 Å². The standard InChI is InChI=1S/C19H20BrN3O4/c1-27-18(25)13-7-5-12(6-8-13)11-22-17(24)10-16(23-19(21)26)14-3-2-4-15(20)9-14/h2-9,16H,10-11H2,1H3,(H,22,24)(H3,21,23,26)/t16-/m0/s1. The van der Waals surface area contributed by atoms with Crippen molar-refractivity contribution in [2.45, 2.75) is 19.0 Å². The fraction of sp³-hybridized carbons (Fsp3) is 0.211. The number of hydrogen-bond donors (Lipinski definition) is 3. The molecular formula is C19H20BrN3O4. The Hall–Kier alpha value is -2.87. The molecule has 0 spiro atoms. The van der Waals surface area contributed by atoms with Crippen LogP contribution in [0.5, 0.6) is 0 Å². The quantitative estimate of drug-likeness (QED) is 0.582. The molecule has 142 valence electrons. The molecule has 8 heteroatoms. The van der Waals surface area contributed by atoms with E-state index >= 15 is 0 Å². The van der Waals surface area contributed by atoms with Crippen molar-refractivity contribution in [2.24, 2.45) is 5.73 Å². The highest BCUT2D eigenvalue weighted by atomic mass is 79.9. The van der Waals surface area contributed by atoms with Crippen molar-refractivity contribution in [3.63, 3.8) is 0 Å². The molecule has 27 heavy (non-hydrogen) atoms. The van der Waals surface area contributed by atoms with Crippen LogP contribution in [0.15, 0.2) is 53.0 Å². The maximum absolute atomic E-state index is 12.3. The van der Waals surface area contributed by atoms with Gasteiger partial charge in [0, 0.05) is 11.0 Å². The summed E-state index contributed by atoms with van der Waals surface area (Å²) in [6.45, 7) is 0.294. The third-order valence-electron chi connectivity index (χ3n) is 3.82. The van der Waals surface area contributed by atoms with Crippen molar-refractivity contribution in [1.82, 2.24) is 10.6 Å². The van der Waals surface area contributed by atoms with Crippen LogP contribution < -0.4 is 16.4 Å². The molecule has 0 saturated carbocycles. The van der Waals surface area contributed by atoms with Gasteiger partial charge in [0.1, 0.15) is 0 Å². The lowest BCUT2D eigenvalue weighted by Gasteiger charge is -2.18. The van der Waals surface area contributed by atoms with E-state index in [1.54, 1.807) is 24.3 Å². The lowest BCUT2D eigenvalue weighted by Crippen LogP contribution is -2.36. The van der Waals surface area contributed by atoms with Gasteiger partial charge in [0.05, 0.1) is 25.1 Å². The Morgan fingerprint density at radius 2 is 1.85 bits per heavy atom. The molecule has 1 atom stereocenters. The number of benzene rings is 2. The Kier molecular flexibility index (Phi) is 7.36. The number of carbonyl (C=O) groups excluding carboxylic acids is 3. The smallest absolute Gasteiger partial charge is 0.337 e. The lowest BCUT2D eigenvalue weighted by molar-refractivity contribution is -0.121. The number of hydrogen-bond acceptors (Lipinski definition) is 4. The molecule has 0 fully saturated rings. The Morgan fingerprint density at radius 3 is 2.44 bits per heavy atom. The Balaban J connectivity index is 1.97. The molecule has 2 aromatic carbocycles. The first-order chi connectivity index (χ1) is 12.9. The second-order valence-electron chi connectivity index (χ2n) is 5.79. The Morgan fingerprint density at radius 1 is 1.15 bits per heavy atom. The summed E-state index contributed by atoms with van der Waals surface area (Å²) in [7, 11) is 1.32. The number of amides is 3. The Labute approximate surface area is 165 Å². The third-order valence-corrected chi connectivity index (χ3v) is 4.32. The first kappa shape index (κ1) is 20.4. The van der Waals surface area contributed by atoms with E-state index in [1.165, 1.54) is 7.11 Å². The van der Waals surface area contributed by atoms with Gasteiger partial charge in [0.2, 0.25) is 5.91 Å². The van der Waals surface area contributed by atoms with Crippen molar-refractivity contribution in [3.8, 4) is 0 Å². The van der Waals surface area contributed by atoms with E-state index in [2.05, 4.69) is 31.3 Å². The zero-order chi connectivity index (χ0) is 19.8. The maximum atomic E-state index is 12.3. The van der Waals surface area contributed by atoms with E-state index in [-0.39, 0.29) is 12.3 Å². The zero-order valence-electron chi connectivity index (χ0n) is 14.7. The summed E-state index contributed by atoms with van der Waals surface area (Å²) in [6.07, 6.45) is 0.0413. The van der Waals surface area contributed by atoms with Crippen LogP contribution in [-0.2, 0) is 16.1 Å². The monoisotopic (exact) mass is 433 g/mol. The first-order valence-corrected chi connectivity index (χ1v) is 8.93. The number of halogens is 1. The molecule has 0 unspecified atom stereocenters. The second-order valence-corrected chi connectivity index (χ2v) is 6.70. The second kappa shape index (κ2) is 9.72. The van der Waals surface area contributed by atoms with Crippen molar-refractivity contribution in [3.05, 3.63) is 69.7 Å². The summed E-state index contributed by atoms with van der Waals surface area (Å²) in [6, 6.07) is 12.8. The molecule has 0 bridgehead atoms. The van der Waals surface area contributed by atoms with E-state index in [0.717, 1.165) is 15.6 Å². The van der Waals surface area contributed by atoms with Gasteiger partial charge in [-0.3, -0.25) is 4.79 Å². The predicted molar refractivity (Wildman–Crippen MR) is 104 cm³/mol. The van der Waals surface area contributed by atoms with Crippen LogP contribution in [0.25, 0.3) is 0 Å². The van der Waals surface area contributed by atoms with Gasteiger partial charge in [-0.15, -0.1) is 0 Å². The molecule has 0 radical (unpaired) electrons. The number of rotatable bonds is 7. The average Bonchev–Trinajstić information content (AvgIpc) is 2.65. The number of nitrogens with two attached hydrogens (primary N) is 1. The van der Waals surface area contributed by atoms with Crippen molar-refractivity contribution in [1.29, 1.82) is 0 Å². The number of esters is 1. The number of urea groups is 1. The van der Waals surface area contributed by atoms with E-state index in [1.807, 2.05) is 24.3 Å². The molecule has 0 aliphatic rings. The normalized spacial score (nSPS) is 11.3. The molecule has 0 aromatic heterocycles. The van der Waals surface area contributed by atoms with Crippen LogP contribution >= 0.6 is 15.9 Å². The molecule has 2 aromatic rings. The summed E-state index contributed by atoms with van der Waals surface area (Å²) in [5.74, 6) is -0.661. The number of ether oxygens (including phenoxy) is 1. The number of primary amides is 1. The van der Waals surface area contributed by atoms with Gasteiger partial charge in [0.15, 0.2) is 0 Å². The topological polar surface area (TPSA) is 111 Å². The molecule has 3 amide bonds. The summed E-state index contributed by atoms with van der Waals surface area (Å²) in [4.78, 5) is 35.0. The lowest BCUT2D eigenvalue weighted by atomic mass is 10.0. The minimum atomic E-state index is -0.703. The molecular weight excluding hydrogens is 414 g/mol. The van der Waals surface area contributed by atoms with Gasteiger partial charge in [-0.2, -0.15) is 0 Å². The number of methoxy groups -OCH3 is 1. The molecule has 7 nitrogen and oxygen atoms in total. The van der Waals surface area contributed by atoms with Crippen molar-refractivity contribution < 1.29 is 19.1 Å². The SMILES string of the molecule is COC(=O)c1ccc(CNC(=O)C[C@H](NC(N)=O)c2cccc(Br)c2)cc1. The highest BCUT2D eigenvalue weighted by molar-refractivity contribution is 9.10. The summed E-state index contributed by atoms with van der Waals surface area (Å²) in [5.41, 5.74) is 7.26. The molecule has 0 heterocycles. The van der Waals surface area contributed by atoms with Crippen LogP contribution in [0, 0.1) is 0 Å². The van der Waals surface area contributed by atoms with Crippen LogP contribution in [0.1, 0.15) is 33.9 Å². The molecule has 2 rings (SSSR count). The fourth-order valence-corrected chi connectivity index (χ4v) is 2.90. The number of carbonyl (C=O) groups is 3. The minimum absolute atomic E-state index is 0.0413. The highest BCUT2D eigenvalue weighted by Crippen LogP contribution is 2.21. The summed E-state index contributed by atoms with van der Waals surface area (Å²) < 4.78 is 5.48. The average molecular weight is 434 g/mol. The van der Waals surface area contributed by atoms with E-state index in [0.29, 0.717) is 12.1 Å². The van der Waals surface area contributed by atoms with Crippen LogP contribution in [0.4, 0.5) is 4.79 Å². The number of nitrogens with one attached hydrogen (secondary N) is 2. The highest BCUT2D eigenvalue weighted by Gasteiger charge is 2.17. The van der Waals surface area contributed by atoms with Crippen LogP contribution in [-0.4, -0.2) is 25.0 Å². The third kappa shape index (κ3) is 6.41. The van der Waals surface area contributed by atoms with Gasteiger partial charge >= 0.3 is 12.0 Å². The van der Waals surface area contributed by atoms with Crippen molar-refractivity contribution in [2.75, 3.05) is 7.11 Å². The first-order valence-electron chi connectivity index (χ1n) is 8.14. The molecule has 0 aliphatic heterocycles. The maximum Gasteiger partial charge on any atom is 0.337 e. The summed E-state index contributed by atoms with van der Waals surface area (Å²) >= 11 is 3.37. The minimum Gasteiger partial charge on any atom is -0.465 e. The zero-order valence-corrected chi connectivity index (χ0v) is 16.3. The fourth-order valence-electron chi connectivity index (χ4n) is 2.48. The predicted octanol–water partition coefficient (Wildman–Crippen LogP) is 2.65. The van der Waals surface area contributed by atoms with Crippen molar-refractivity contribution >= 4 is 33.8 Å². The largest absolute Gasteiger partial charge is 0.465 e. The van der Waals surface area contributed by atoms with E-state index in [9.17, 15) is 14.4 Å². The van der Waals surface area contributed by atoms with E-state index in [4.69, 9.17) is 5.73 Å². The van der Waals surface area contributed by atoms with Gasteiger partial charge in [-0.1, -0.05) is 40.2 Å². The Bertz CT molecular complexity index is 824.